The average molecular weight is 482 g/mol. The summed E-state index contributed by atoms with van der Waals surface area (Å²) in [4.78, 5) is 25.1. The number of carbonyl (C=O) groups is 1. The molecule has 0 aliphatic heterocycles. The molecule has 0 saturated heterocycles. The van der Waals surface area contributed by atoms with E-state index in [1.807, 2.05) is 20.8 Å². The van der Waals surface area contributed by atoms with Gasteiger partial charge in [0.1, 0.15) is 6.04 Å². The zero-order valence-corrected chi connectivity index (χ0v) is 20.2. The molecule has 1 aromatic heterocycles. The van der Waals surface area contributed by atoms with Crippen LogP contribution in [0.2, 0.25) is 5.02 Å². The van der Waals surface area contributed by atoms with E-state index in [9.17, 15) is 18.0 Å². The topological polar surface area (TPSA) is 88.5 Å². The van der Waals surface area contributed by atoms with Crippen LogP contribution < -0.4 is 14.5 Å². The third-order valence-electron chi connectivity index (χ3n) is 4.90. The van der Waals surface area contributed by atoms with Crippen molar-refractivity contribution in [3.8, 4) is 0 Å². The molecule has 1 unspecified atom stereocenters. The maximum absolute atomic E-state index is 12.9. The predicted molar refractivity (Wildman–Crippen MR) is 128 cm³/mol. The van der Waals surface area contributed by atoms with Gasteiger partial charge in [-0.2, -0.15) is 0 Å². The van der Waals surface area contributed by atoms with Crippen LogP contribution in [-0.4, -0.2) is 31.2 Å². The number of nitrogens with zero attached hydrogens (tertiary/aromatic N) is 2. The first kappa shape index (κ1) is 23.3. The van der Waals surface area contributed by atoms with Gasteiger partial charge in [-0.3, -0.25) is 18.5 Å². The fourth-order valence-electron chi connectivity index (χ4n) is 3.38. The van der Waals surface area contributed by atoms with Crippen molar-refractivity contribution in [3.63, 3.8) is 0 Å². The first-order chi connectivity index (χ1) is 14.4. The Bertz CT molecular complexity index is 1310. The normalized spacial score (nSPS) is 12.9. The number of fused-ring (bicyclic) bond motifs is 1. The number of rotatable bonds is 6. The third kappa shape index (κ3) is 4.78. The molecule has 0 fully saturated rings. The van der Waals surface area contributed by atoms with Gasteiger partial charge >= 0.3 is 4.87 Å². The second-order valence-corrected chi connectivity index (χ2v) is 10.9. The summed E-state index contributed by atoms with van der Waals surface area (Å²) in [5.41, 5.74) is 2.39. The van der Waals surface area contributed by atoms with Crippen LogP contribution in [0.15, 0.2) is 41.2 Å². The van der Waals surface area contributed by atoms with Crippen molar-refractivity contribution in [2.45, 2.75) is 39.8 Å². The van der Waals surface area contributed by atoms with Gasteiger partial charge in [0.05, 0.1) is 22.2 Å². The predicted octanol–water partition coefficient (Wildman–Crippen LogP) is 4.40. The van der Waals surface area contributed by atoms with Crippen LogP contribution in [0, 0.1) is 6.92 Å². The molecule has 1 N–H and O–H groups in total. The number of aromatic nitrogens is 1. The van der Waals surface area contributed by atoms with Gasteiger partial charge in [0.2, 0.25) is 15.9 Å². The third-order valence-corrected chi connectivity index (χ3v) is 7.46. The van der Waals surface area contributed by atoms with Crippen molar-refractivity contribution in [1.82, 2.24) is 4.57 Å². The minimum Gasteiger partial charge on any atom is -0.324 e. The number of hydrogen-bond acceptors (Lipinski definition) is 5. The summed E-state index contributed by atoms with van der Waals surface area (Å²) in [6.07, 6.45) is 1.04. The fraction of sp³-hybridized carbons (Fsp3) is 0.333. The number of aryl methyl sites for hydroxylation is 1. The Balaban J connectivity index is 1.92. The summed E-state index contributed by atoms with van der Waals surface area (Å²) in [6.45, 7) is 7.18. The highest BCUT2D eigenvalue weighted by Crippen LogP contribution is 2.28. The minimum atomic E-state index is -3.76. The quantitative estimate of drug-likeness (QED) is 0.565. The molecule has 0 bridgehead atoms. The lowest BCUT2D eigenvalue weighted by Gasteiger charge is -2.28. The van der Waals surface area contributed by atoms with E-state index in [1.54, 1.807) is 34.9 Å². The van der Waals surface area contributed by atoms with Crippen LogP contribution >= 0.6 is 22.9 Å². The number of sulfonamides is 1. The van der Waals surface area contributed by atoms with Gasteiger partial charge in [-0.1, -0.05) is 29.0 Å². The summed E-state index contributed by atoms with van der Waals surface area (Å²) < 4.78 is 28.4. The first-order valence-electron chi connectivity index (χ1n) is 9.61. The molecule has 3 aromatic rings. The van der Waals surface area contributed by atoms with E-state index >= 15 is 0 Å². The summed E-state index contributed by atoms with van der Waals surface area (Å²) in [6, 6.07) is 9.04. The van der Waals surface area contributed by atoms with Crippen molar-refractivity contribution < 1.29 is 13.2 Å². The first-order valence-corrected chi connectivity index (χ1v) is 12.7. The van der Waals surface area contributed by atoms with Gasteiger partial charge in [0.15, 0.2) is 0 Å². The zero-order chi connectivity index (χ0) is 23.1. The number of halogens is 1. The second-order valence-electron chi connectivity index (χ2n) is 7.67. The zero-order valence-electron chi connectivity index (χ0n) is 17.8. The lowest BCUT2D eigenvalue weighted by atomic mass is 10.2. The van der Waals surface area contributed by atoms with Crippen LogP contribution in [-0.2, 0) is 14.8 Å². The Morgan fingerprint density at radius 3 is 2.42 bits per heavy atom. The summed E-state index contributed by atoms with van der Waals surface area (Å²) in [5, 5.41) is 3.17. The molecule has 31 heavy (non-hydrogen) atoms. The van der Waals surface area contributed by atoms with Gasteiger partial charge in [-0.25, -0.2) is 8.42 Å². The summed E-state index contributed by atoms with van der Waals surface area (Å²) in [5.74, 6) is -0.503. The monoisotopic (exact) mass is 481 g/mol. The minimum absolute atomic E-state index is 0.0198. The standard InChI is InChI=1S/C21H24ClN3O4S2/c1-12(2)24-18-9-7-15(10-19(18)30-21(24)27)23-20(26)14(4)25(31(5,28)29)16-8-6-13(3)17(22)11-16/h6-12,14H,1-5H3,(H,23,26). The number of benzene rings is 2. The number of anilines is 2. The van der Waals surface area contributed by atoms with Crippen molar-refractivity contribution in [2.75, 3.05) is 15.9 Å². The molecule has 0 aliphatic carbocycles. The molecule has 1 heterocycles. The molecule has 10 heteroatoms. The molecule has 0 aliphatic rings. The second kappa shape index (κ2) is 8.64. The Morgan fingerprint density at radius 2 is 1.84 bits per heavy atom. The molecule has 0 spiro atoms. The van der Waals surface area contributed by atoms with Crippen LogP contribution in [0.25, 0.3) is 10.2 Å². The number of amides is 1. The van der Waals surface area contributed by atoms with E-state index in [4.69, 9.17) is 11.6 Å². The van der Waals surface area contributed by atoms with Crippen molar-refractivity contribution in [3.05, 3.63) is 56.7 Å². The van der Waals surface area contributed by atoms with Crippen LogP contribution in [0.4, 0.5) is 11.4 Å². The lowest BCUT2D eigenvalue weighted by molar-refractivity contribution is -0.116. The van der Waals surface area contributed by atoms with E-state index in [0.29, 0.717) is 16.4 Å². The molecule has 166 valence electrons. The molecule has 3 rings (SSSR count). The maximum atomic E-state index is 12.9. The Hall–Kier alpha value is -2.36. The molecule has 0 radical (unpaired) electrons. The van der Waals surface area contributed by atoms with Gasteiger partial charge in [0, 0.05) is 16.8 Å². The number of hydrogen-bond donors (Lipinski definition) is 1. The highest BCUT2D eigenvalue weighted by Gasteiger charge is 2.29. The van der Waals surface area contributed by atoms with Crippen molar-refractivity contribution >= 4 is 60.5 Å². The number of carbonyl (C=O) groups excluding carboxylic acids is 1. The SMILES string of the molecule is Cc1ccc(N(C(C)C(=O)Nc2ccc3c(c2)sc(=O)n3C(C)C)S(C)(=O)=O)cc1Cl. The highest BCUT2D eigenvalue weighted by molar-refractivity contribution is 7.92. The largest absolute Gasteiger partial charge is 0.324 e. The van der Waals surface area contributed by atoms with Crippen LogP contribution in [0.1, 0.15) is 32.4 Å². The van der Waals surface area contributed by atoms with E-state index in [1.165, 1.54) is 13.0 Å². The molecule has 0 saturated carbocycles. The fourth-order valence-corrected chi connectivity index (χ4v) is 5.77. The van der Waals surface area contributed by atoms with Crippen LogP contribution in [0.5, 0.6) is 0 Å². The molecular weight excluding hydrogens is 458 g/mol. The van der Waals surface area contributed by atoms with Crippen LogP contribution in [0.3, 0.4) is 0 Å². The number of thiazole rings is 1. The molecule has 1 amide bonds. The molecule has 7 nitrogen and oxygen atoms in total. The van der Waals surface area contributed by atoms with E-state index in [0.717, 1.165) is 37.7 Å². The number of nitrogens with one attached hydrogen (secondary N) is 1. The summed E-state index contributed by atoms with van der Waals surface area (Å²) >= 11 is 7.27. The maximum Gasteiger partial charge on any atom is 0.308 e. The van der Waals surface area contributed by atoms with Crippen molar-refractivity contribution in [2.24, 2.45) is 0 Å². The van der Waals surface area contributed by atoms with E-state index in [-0.39, 0.29) is 10.9 Å². The van der Waals surface area contributed by atoms with Gasteiger partial charge in [-0.05, 0) is 63.6 Å². The molecular formula is C21H24ClN3O4S2. The molecule has 2 aromatic carbocycles. The Labute approximate surface area is 190 Å². The van der Waals surface area contributed by atoms with E-state index < -0.39 is 22.0 Å². The van der Waals surface area contributed by atoms with Crippen molar-refractivity contribution in [1.29, 1.82) is 0 Å². The lowest BCUT2D eigenvalue weighted by Crippen LogP contribution is -2.45. The van der Waals surface area contributed by atoms with Gasteiger partial charge < -0.3 is 5.32 Å². The Morgan fingerprint density at radius 1 is 1.16 bits per heavy atom. The highest BCUT2D eigenvalue weighted by atomic mass is 35.5. The van der Waals surface area contributed by atoms with Gasteiger partial charge in [0.25, 0.3) is 0 Å². The smallest absolute Gasteiger partial charge is 0.308 e. The average Bonchev–Trinajstić information content (AvgIpc) is 2.98. The molecule has 1 atom stereocenters. The summed E-state index contributed by atoms with van der Waals surface area (Å²) in [7, 11) is -3.76. The van der Waals surface area contributed by atoms with Gasteiger partial charge in [-0.15, -0.1) is 0 Å². The van der Waals surface area contributed by atoms with E-state index in [2.05, 4.69) is 5.32 Å². The Kier molecular flexibility index (Phi) is 6.50.